The molecule has 0 bridgehead atoms. The molecular formula is C14H21FN2S. The minimum absolute atomic E-state index is 0.0923. The molecule has 18 heavy (non-hydrogen) atoms. The maximum Gasteiger partial charge on any atom is 0.129 e. The third-order valence-corrected chi connectivity index (χ3v) is 4.26. The van der Waals surface area contributed by atoms with E-state index in [1.807, 2.05) is 30.8 Å². The number of anilines is 1. The molecule has 0 amide bonds. The van der Waals surface area contributed by atoms with E-state index in [0.717, 1.165) is 36.6 Å². The average Bonchev–Trinajstić information content (AvgIpc) is 2.66. The maximum absolute atomic E-state index is 14.0. The molecule has 1 fully saturated rings. The lowest BCUT2D eigenvalue weighted by Gasteiger charge is -2.25. The number of nitrogens with zero attached hydrogens (tertiary/aromatic N) is 1. The van der Waals surface area contributed by atoms with E-state index in [0.29, 0.717) is 6.54 Å². The predicted molar refractivity (Wildman–Crippen MR) is 77.9 cm³/mol. The number of halogens is 1. The summed E-state index contributed by atoms with van der Waals surface area (Å²) < 4.78 is 14.0. The van der Waals surface area contributed by atoms with Crippen molar-refractivity contribution in [2.24, 2.45) is 0 Å². The minimum Gasteiger partial charge on any atom is -0.370 e. The molecule has 0 aliphatic carbocycles. The number of hydrogen-bond acceptors (Lipinski definition) is 3. The molecule has 0 spiro atoms. The summed E-state index contributed by atoms with van der Waals surface area (Å²) in [5, 5.41) is 3.23. The lowest BCUT2D eigenvalue weighted by molar-refractivity contribution is 0.591. The van der Waals surface area contributed by atoms with Crippen LogP contribution >= 0.6 is 11.8 Å². The van der Waals surface area contributed by atoms with E-state index in [1.165, 1.54) is 12.2 Å². The Balaban J connectivity index is 2.21. The molecular weight excluding hydrogens is 247 g/mol. The monoisotopic (exact) mass is 268 g/mol. The summed E-state index contributed by atoms with van der Waals surface area (Å²) in [6.45, 7) is 5.58. The van der Waals surface area contributed by atoms with Crippen molar-refractivity contribution in [1.82, 2.24) is 5.32 Å². The summed E-state index contributed by atoms with van der Waals surface area (Å²) >= 11 is 1.99. The van der Waals surface area contributed by atoms with Crippen molar-refractivity contribution >= 4 is 17.4 Å². The van der Waals surface area contributed by atoms with Crippen LogP contribution in [-0.4, -0.2) is 31.1 Å². The fourth-order valence-corrected chi connectivity index (χ4v) is 3.14. The molecule has 1 aromatic carbocycles. The normalized spacial score (nSPS) is 16.7. The van der Waals surface area contributed by atoms with Gasteiger partial charge in [0, 0.05) is 36.6 Å². The molecule has 1 N–H and O–H groups in total. The Morgan fingerprint density at radius 2 is 2.22 bits per heavy atom. The molecule has 4 heteroatoms. The van der Waals surface area contributed by atoms with Crippen LogP contribution in [0.25, 0.3) is 0 Å². The SMILES string of the molecule is CCNCc1c(F)cccc1N1CCCSCC1. The molecule has 0 atom stereocenters. The van der Waals surface area contributed by atoms with Crippen LogP contribution in [-0.2, 0) is 6.54 Å². The van der Waals surface area contributed by atoms with E-state index in [4.69, 9.17) is 0 Å². The lowest BCUT2D eigenvalue weighted by Crippen LogP contribution is -2.28. The first-order valence-electron chi connectivity index (χ1n) is 6.63. The quantitative estimate of drug-likeness (QED) is 0.904. The Kier molecular flexibility index (Phi) is 5.32. The van der Waals surface area contributed by atoms with Crippen LogP contribution in [0.4, 0.5) is 10.1 Å². The van der Waals surface area contributed by atoms with Gasteiger partial charge in [0.25, 0.3) is 0 Å². The fourth-order valence-electron chi connectivity index (χ4n) is 2.26. The molecule has 1 aliphatic heterocycles. The number of thioether (sulfide) groups is 1. The van der Waals surface area contributed by atoms with Crippen LogP contribution in [0.2, 0.25) is 0 Å². The molecule has 0 radical (unpaired) electrons. The van der Waals surface area contributed by atoms with Gasteiger partial charge in [-0.25, -0.2) is 4.39 Å². The highest BCUT2D eigenvalue weighted by Crippen LogP contribution is 2.25. The van der Waals surface area contributed by atoms with Crippen molar-refractivity contribution in [3.05, 3.63) is 29.6 Å². The zero-order valence-corrected chi connectivity index (χ0v) is 11.7. The second kappa shape index (κ2) is 7.00. The van der Waals surface area contributed by atoms with Crippen molar-refractivity contribution in [3.63, 3.8) is 0 Å². The number of hydrogen-bond donors (Lipinski definition) is 1. The van der Waals surface area contributed by atoms with E-state index in [1.54, 1.807) is 6.07 Å². The van der Waals surface area contributed by atoms with Gasteiger partial charge in [0.15, 0.2) is 0 Å². The molecule has 0 saturated carbocycles. The second-order valence-electron chi connectivity index (χ2n) is 4.47. The Morgan fingerprint density at radius 1 is 1.33 bits per heavy atom. The summed E-state index contributed by atoms with van der Waals surface area (Å²) in [4.78, 5) is 2.33. The number of nitrogens with one attached hydrogen (secondary N) is 1. The predicted octanol–water partition coefficient (Wildman–Crippen LogP) is 2.88. The largest absolute Gasteiger partial charge is 0.370 e. The Bertz CT molecular complexity index is 376. The highest BCUT2D eigenvalue weighted by atomic mass is 32.2. The van der Waals surface area contributed by atoms with Gasteiger partial charge in [-0.1, -0.05) is 13.0 Å². The van der Waals surface area contributed by atoms with Crippen LogP contribution in [0.3, 0.4) is 0 Å². The van der Waals surface area contributed by atoms with E-state index < -0.39 is 0 Å². The minimum atomic E-state index is -0.0923. The molecule has 2 rings (SSSR count). The first-order chi connectivity index (χ1) is 8.83. The molecule has 1 aromatic rings. The molecule has 1 saturated heterocycles. The summed E-state index contributed by atoms with van der Waals surface area (Å²) in [7, 11) is 0. The summed E-state index contributed by atoms with van der Waals surface area (Å²) in [6, 6.07) is 5.42. The Hall–Kier alpha value is -0.740. The summed E-state index contributed by atoms with van der Waals surface area (Å²) in [6.07, 6.45) is 1.18. The summed E-state index contributed by atoms with van der Waals surface area (Å²) in [5.74, 6) is 2.26. The standard InChI is InChI=1S/C14H21FN2S/c1-2-16-11-12-13(15)5-3-6-14(12)17-7-4-9-18-10-8-17/h3,5-6,16H,2,4,7-11H2,1H3. The van der Waals surface area contributed by atoms with Gasteiger partial charge in [0.2, 0.25) is 0 Å². The van der Waals surface area contributed by atoms with Gasteiger partial charge >= 0.3 is 0 Å². The topological polar surface area (TPSA) is 15.3 Å². The molecule has 1 aliphatic rings. The van der Waals surface area contributed by atoms with Gasteiger partial charge in [-0.05, 0) is 30.9 Å². The third-order valence-electron chi connectivity index (χ3n) is 3.21. The van der Waals surface area contributed by atoms with E-state index in [9.17, 15) is 4.39 Å². The zero-order chi connectivity index (χ0) is 12.8. The second-order valence-corrected chi connectivity index (χ2v) is 5.70. The van der Waals surface area contributed by atoms with Gasteiger partial charge in [-0.3, -0.25) is 0 Å². The van der Waals surface area contributed by atoms with Crippen molar-refractivity contribution in [2.45, 2.75) is 19.9 Å². The zero-order valence-electron chi connectivity index (χ0n) is 10.9. The molecule has 1 heterocycles. The van der Waals surface area contributed by atoms with Gasteiger partial charge in [-0.15, -0.1) is 0 Å². The molecule has 0 aromatic heterocycles. The van der Waals surface area contributed by atoms with Gasteiger partial charge in [0.1, 0.15) is 5.82 Å². The molecule has 0 unspecified atom stereocenters. The molecule has 2 nitrogen and oxygen atoms in total. The van der Waals surface area contributed by atoms with Crippen molar-refractivity contribution < 1.29 is 4.39 Å². The Labute approximate surface area is 113 Å². The van der Waals surface area contributed by atoms with Gasteiger partial charge in [0.05, 0.1) is 0 Å². The van der Waals surface area contributed by atoms with Crippen molar-refractivity contribution in [2.75, 3.05) is 36.0 Å². The van der Waals surface area contributed by atoms with Crippen LogP contribution in [0, 0.1) is 5.82 Å². The third kappa shape index (κ3) is 3.39. The number of rotatable bonds is 4. The Morgan fingerprint density at radius 3 is 3.06 bits per heavy atom. The summed E-state index contributed by atoms with van der Waals surface area (Å²) in [5.41, 5.74) is 1.88. The van der Waals surface area contributed by atoms with Gasteiger partial charge < -0.3 is 10.2 Å². The first-order valence-corrected chi connectivity index (χ1v) is 7.79. The highest BCUT2D eigenvalue weighted by Gasteiger charge is 2.15. The molecule has 100 valence electrons. The fraction of sp³-hybridized carbons (Fsp3) is 0.571. The van der Waals surface area contributed by atoms with Crippen LogP contribution in [0.15, 0.2) is 18.2 Å². The van der Waals surface area contributed by atoms with E-state index >= 15 is 0 Å². The van der Waals surface area contributed by atoms with E-state index in [-0.39, 0.29) is 5.82 Å². The van der Waals surface area contributed by atoms with Crippen molar-refractivity contribution in [3.8, 4) is 0 Å². The van der Waals surface area contributed by atoms with Crippen molar-refractivity contribution in [1.29, 1.82) is 0 Å². The van der Waals surface area contributed by atoms with Crippen LogP contribution in [0.1, 0.15) is 18.9 Å². The number of benzene rings is 1. The lowest BCUT2D eigenvalue weighted by atomic mass is 10.1. The van der Waals surface area contributed by atoms with Gasteiger partial charge in [-0.2, -0.15) is 11.8 Å². The van der Waals surface area contributed by atoms with Crippen LogP contribution < -0.4 is 10.2 Å². The first kappa shape index (κ1) is 13.7. The van der Waals surface area contributed by atoms with Crippen LogP contribution in [0.5, 0.6) is 0 Å². The average molecular weight is 268 g/mol. The van der Waals surface area contributed by atoms with E-state index in [2.05, 4.69) is 10.2 Å². The maximum atomic E-state index is 14.0. The highest BCUT2D eigenvalue weighted by molar-refractivity contribution is 7.99. The smallest absolute Gasteiger partial charge is 0.129 e.